The van der Waals surface area contributed by atoms with Gasteiger partial charge in [0.1, 0.15) is 5.75 Å². The SMILES string of the molecule is COC(=O)C(c1ccc(OC)cc1Cl)C(C)C. The second-order valence-corrected chi connectivity index (χ2v) is 4.54. The molecule has 0 aromatic heterocycles. The molecule has 0 aliphatic carbocycles. The average Bonchev–Trinajstić information content (AvgIpc) is 2.30. The molecule has 1 aromatic carbocycles. The monoisotopic (exact) mass is 256 g/mol. The number of ether oxygens (including phenoxy) is 2. The van der Waals surface area contributed by atoms with Gasteiger partial charge < -0.3 is 9.47 Å². The zero-order valence-electron chi connectivity index (χ0n) is 10.5. The summed E-state index contributed by atoms with van der Waals surface area (Å²) in [4.78, 5) is 11.7. The van der Waals surface area contributed by atoms with Gasteiger partial charge in [0.05, 0.1) is 20.1 Å². The molecule has 17 heavy (non-hydrogen) atoms. The molecule has 0 radical (unpaired) electrons. The lowest BCUT2D eigenvalue weighted by molar-refractivity contribution is -0.143. The molecular formula is C13H17ClO3. The van der Waals surface area contributed by atoms with Crippen LogP contribution in [0, 0.1) is 5.92 Å². The molecule has 1 aromatic rings. The number of halogens is 1. The number of hydrogen-bond donors (Lipinski definition) is 0. The Morgan fingerprint density at radius 1 is 1.29 bits per heavy atom. The Morgan fingerprint density at radius 2 is 1.94 bits per heavy atom. The maximum absolute atomic E-state index is 11.7. The van der Waals surface area contributed by atoms with E-state index in [1.807, 2.05) is 19.9 Å². The second kappa shape index (κ2) is 5.92. The van der Waals surface area contributed by atoms with E-state index < -0.39 is 0 Å². The van der Waals surface area contributed by atoms with E-state index in [9.17, 15) is 4.79 Å². The molecule has 0 saturated carbocycles. The summed E-state index contributed by atoms with van der Waals surface area (Å²) in [7, 11) is 2.96. The van der Waals surface area contributed by atoms with Crippen LogP contribution in [0.3, 0.4) is 0 Å². The molecule has 1 rings (SSSR count). The van der Waals surface area contributed by atoms with E-state index in [0.717, 1.165) is 5.56 Å². The van der Waals surface area contributed by atoms with Gasteiger partial charge in [-0.05, 0) is 23.6 Å². The van der Waals surface area contributed by atoms with Gasteiger partial charge >= 0.3 is 5.97 Å². The fraction of sp³-hybridized carbons (Fsp3) is 0.462. The van der Waals surface area contributed by atoms with Gasteiger partial charge in [0, 0.05) is 5.02 Å². The minimum atomic E-state index is -0.349. The van der Waals surface area contributed by atoms with E-state index in [1.165, 1.54) is 7.11 Å². The van der Waals surface area contributed by atoms with Gasteiger partial charge in [-0.15, -0.1) is 0 Å². The van der Waals surface area contributed by atoms with Crippen LogP contribution in [0.2, 0.25) is 5.02 Å². The molecule has 0 aliphatic heterocycles. The highest BCUT2D eigenvalue weighted by Gasteiger charge is 2.27. The van der Waals surface area contributed by atoms with Gasteiger partial charge in [-0.25, -0.2) is 0 Å². The fourth-order valence-corrected chi connectivity index (χ4v) is 2.06. The van der Waals surface area contributed by atoms with Crippen LogP contribution in [0.4, 0.5) is 0 Å². The Bertz CT molecular complexity index is 402. The van der Waals surface area contributed by atoms with Gasteiger partial charge in [-0.3, -0.25) is 4.79 Å². The summed E-state index contributed by atoms with van der Waals surface area (Å²) >= 11 is 6.16. The number of methoxy groups -OCH3 is 2. The molecule has 0 aliphatic rings. The van der Waals surface area contributed by atoms with Crippen molar-refractivity contribution in [2.75, 3.05) is 14.2 Å². The van der Waals surface area contributed by atoms with Crippen molar-refractivity contribution in [2.24, 2.45) is 5.92 Å². The smallest absolute Gasteiger partial charge is 0.313 e. The molecule has 1 unspecified atom stereocenters. The summed E-state index contributed by atoms with van der Waals surface area (Å²) < 4.78 is 9.89. The van der Waals surface area contributed by atoms with E-state index in [1.54, 1.807) is 19.2 Å². The third kappa shape index (κ3) is 3.13. The lowest BCUT2D eigenvalue weighted by atomic mass is 9.88. The van der Waals surface area contributed by atoms with Crippen molar-refractivity contribution in [3.8, 4) is 5.75 Å². The highest BCUT2D eigenvalue weighted by Crippen LogP contribution is 2.33. The molecule has 0 bridgehead atoms. The summed E-state index contributed by atoms with van der Waals surface area (Å²) in [5.74, 6) is 0.171. The number of benzene rings is 1. The van der Waals surface area contributed by atoms with E-state index in [0.29, 0.717) is 10.8 Å². The first-order valence-corrected chi connectivity index (χ1v) is 5.80. The van der Waals surface area contributed by atoms with Crippen molar-refractivity contribution >= 4 is 17.6 Å². The average molecular weight is 257 g/mol. The number of rotatable bonds is 4. The standard InChI is InChI=1S/C13H17ClO3/c1-8(2)12(13(15)17-4)10-6-5-9(16-3)7-11(10)14/h5-8,12H,1-4H3. The first-order chi connectivity index (χ1) is 8.01. The molecule has 1 atom stereocenters. The zero-order chi connectivity index (χ0) is 13.0. The molecule has 94 valence electrons. The zero-order valence-corrected chi connectivity index (χ0v) is 11.2. The third-order valence-corrected chi connectivity index (χ3v) is 2.99. The topological polar surface area (TPSA) is 35.5 Å². The second-order valence-electron chi connectivity index (χ2n) is 4.13. The number of esters is 1. The summed E-state index contributed by atoms with van der Waals surface area (Å²) in [6.45, 7) is 3.92. The highest BCUT2D eigenvalue weighted by molar-refractivity contribution is 6.31. The summed E-state index contributed by atoms with van der Waals surface area (Å²) in [6, 6.07) is 5.30. The van der Waals surface area contributed by atoms with Crippen molar-refractivity contribution in [1.82, 2.24) is 0 Å². The molecule has 0 fully saturated rings. The molecule has 0 heterocycles. The predicted molar refractivity (Wildman–Crippen MR) is 67.6 cm³/mol. The van der Waals surface area contributed by atoms with Gasteiger partial charge in [0.25, 0.3) is 0 Å². The van der Waals surface area contributed by atoms with E-state index in [4.69, 9.17) is 21.1 Å². The Kier molecular flexibility index (Phi) is 4.82. The minimum absolute atomic E-state index is 0.119. The van der Waals surface area contributed by atoms with Crippen LogP contribution >= 0.6 is 11.6 Å². The number of hydrogen-bond acceptors (Lipinski definition) is 3. The highest BCUT2D eigenvalue weighted by atomic mass is 35.5. The third-order valence-electron chi connectivity index (χ3n) is 2.66. The van der Waals surface area contributed by atoms with Gasteiger partial charge in [0.15, 0.2) is 0 Å². The summed E-state index contributed by atoms with van der Waals surface area (Å²) in [5, 5.41) is 0.522. The molecule has 0 amide bonds. The van der Waals surface area contributed by atoms with E-state index >= 15 is 0 Å². The van der Waals surface area contributed by atoms with Gasteiger partial charge in [-0.2, -0.15) is 0 Å². The van der Waals surface area contributed by atoms with Crippen molar-refractivity contribution < 1.29 is 14.3 Å². The van der Waals surface area contributed by atoms with E-state index in [2.05, 4.69) is 0 Å². The first kappa shape index (κ1) is 13.8. The Morgan fingerprint density at radius 3 is 2.35 bits per heavy atom. The minimum Gasteiger partial charge on any atom is -0.497 e. The quantitative estimate of drug-likeness (QED) is 0.776. The predicted octanol–water partition coefficient (Wildman–Crippen LogP) is 3.26. The molecular weight excluding hydrogens is 240 g/mol. The lowest BCUT2D eigenvalue weighted by Gasteiger charge is -2.20. The Labute approximate surface area is 107 Å². The Hall–Kier alpha value is -1.22. The molecule has 0 saturated heterocycles. The van der Waals surface area contributed by atoms with Crippen LogP contribution in [0.1, 0.15) is 25.3 Å². The van der Waals surface area contributed by atoms with Crippen molar-refractivity contribution in [3.05, 3.63) is 28.8 Å². The molecule has 3 nitrogen and oxygen atoms in total. The maximum atomic E-state index is 11.7. The van der Waals surface area contributed by atoms with Crippen LogP contribution in [-0.4, -0.2) is 20.2 Å². The number of carbonyl (C=O) groups excluding carboxylic acids is 1. The van der Waals surface area contributed by atoms with Crippen molar-refractivity contribution in [2.45, 2.75) is 19.8 Å². The van der Waals surface area contributed by atoms with Gasteiger partial charge in [0.2, 0.25) is 0 Å². The van der Waals surface area contributed by atoms with Crippen LogP contribution in [0.15, 0.2) is 18.2 Å². The first-order valence-electron chi connectivity index (χ1n) is 5.42. The maximum Gasteiger partial charge on any atom is 0.313 e. The molecule has 0 N–H and O–H groups in total. The van der Waals surface area contributed by atoms with Crippen molar-refractivity contribution in [1.29, 1.82) is 0 Å². The summed E-state index contributed by atoms with van der Waals surface area (Å²) in [6.07, 6.45) is 0. The molecule has 0 spiro atoms. The fourth-order valence-electron chi connectivity index (χ4n) is 1.77. The summed E-state index contributed by atoms with van der Waals surface area (Å²) in [5.41, 5.74) is 0.773. The van der Waals surface area contributed by atoms with Crippen LogP contribution in [-0.2, 0) is 9.53 Å². The van der Waals surface area contributed by atoms with Crippen LogP contribution in [0.25, 0.3) is 0 Å². The van der Waals surface area contributed by atoms with E-state index in [-0.39, 0.29) is 17.8 Å². The lowest BCUT2D eigenvalue weighted by Crippen LogP contribution is -2.20. The largest absolute Gasteiger partial charge is 0.497 e. The van der Waals surface area contributed by atoms with Gasteiger partial charge in [-0.1, -0.05) is 31.5 Å². The van der Waals surface area contributed by atoms with Crippen molar-refractivity contribution in [3.63, 3.8) is 0 Å². The number of carbonyl (C=O) groups is 1. The van der Waals surface area contributed by atoms with Crippen LogP contribution < -0.4 is 4.74 Å². The Balaban J connectivity index is 3.15. The molecule has 4 heteroatoms. The van der Waals surface area contributed by atoms with Crippen LogP contribution in [0.5, 0.6) is 5.75 Å². The normalized spacial score (nSPS) is 12.4.